The molecule has 0 fully saturated rings. The minimum atomic E-state index is -5.75. The summed E-state index contributed by atoms with van der Waals surface area (Å²) in [5, 5.41) is 0. The van der Waals surface area contributed by atoms with Gasteiger partial charge in [0.15, 0.2) is 0 Å². The molecule has 0 radical (unpaired) electrons. The Morgan fingerprint density at radius 2 is 1.17 bits per heavy atom. The van der Waals surface area contributed by atoms with Gasteiger partial charge in [0.05, 0.1) is 0 Å². The first-order chi connectivity index (χ1) is 2.00. The van der Waals surface area contributed by atoms with Crippen molar-refractivity contribution in [3.63, 3.8) is 0 Å². The monoisotopic (exact) mass is 184 g/mol. The summed E-state index contributed by atoms with van der Waals surface area (Å²) in [6.07, 6.45) is 0. The van der Waals surface area contributed by atoms with Crippen molar-refractivity contribution in [3.05, 3.63) is 0 Å². The molecule has 0 aromatic heterocycles. The van der Waals surface area contributed by atoms with Crippen LogP contribution in [0.4, 0.5) is 0 Å². The van der Waals surface area contributed by atoms with Gasteiger partial charge in [0.25, 0.3) is 0 Å². The van der Waals surface area contributed by atoms with E-state index in [4.69, 9.17) is 16.0 Å². The molecular formula is CaO4Se. The quantitative estimate of drug-likeness (QED) is 0.367. The first-order valence-corrected chi connectivity index (χ1v) is 3.46. The first-order valence-electron chi connectivity index (χ1n) is 0.667. The summed E-state index contributed by atoms with van der Waals surface area (Å²) in [7, 11) is 0. The fraction of sp³-hybridized carbons (Fsp3) is 0. The summed E-state index contributed by atoms with van der Waals surface area (Å²) in [6, 6.07) is 0. The summed E-state index contributed by atoms with van der Waals surface area (Å²) in [5.74, 6) is 0. The average Bonchev–Trinajstić information content (AvgIpc) is 0.722. The Balaban J connectivity index is 0. The second kappa shape index (κ2) is 3.32. The summed E-state index contributed by atoms with van der Waals surface area (Å²) in [5.41, 5.74) is 0. The van der Waals surface area contributed by atoms with Gasteiger partial charge in [-0.3, -0.25) is 0 Å². The van der Waals surface area contributed by atoms with E-state index < -0.39 is 13.4 Å². The molecule has 6 heavy (non-hydrogen) atoms. The number of hydrogen-bond donors (Lipinski definition) is 0. The number of rotatable bonds is 0. The van der Waals surface area contributed by atoms with Gasteiger partial charge in [-0.25, -0.2) is 0 Å². The van der Waals surface area contributed by atoms with Gasteiger partial charge >= 0.3 is 67.2 Å². The zero-order valence-electron chi connectivity index (χ0n) is 2.75. The van der Waals surface area contributed by atoms with Crippen LogP contribution in [0.2, 0.25) is 0 Å². The van der Waals surface area contributed by atoms with E-state index in [0.717, 1.165) is 0 Å². The van der Waals surface area contributed by atoms with E-state index >= 15 is 0 Å². The van der Waals surface area contributed by atoms with E-state index in [1.54, 1.807) is 0 Å². The fourth-order valence-electron chi connectivity index (χ4n) is 0. The van der Waals surface area contributed by atoms with Crippen molar-refractivity contribution in [2.45, 2.75) is 0 Å². The van der Waals surface area contributed by atoms with Gasteiger partial charge in [0, 0.05) is 0 Å². The maximum Gasteiger partial charge on any atom is 2.00 e. The third kappa shape index (κ3) is 58.0. The van der Waals surface area contributed by atoms with Crippen molar-refractivity contribution in [2.75, 3.05) is 0 Å². The van der Waals surface area contributed by atoms with Crippen LogP contribution in [0, 0.1) is 0 Å². The van der Waals surface area contributed by atoms with E-state index in [9.17, 15) is 0 Å². The second-order valence-electron chi connectivity index (χ2n) is 0.408. The van der Waals surface area contributed by atoms with Crippen molar-refractivity contribution in [3.8, 4) is 0 Å². The molecule has 0 aromatic carbocycles. The molecule has 0 aliphatic carbocycles. The molecule has 0 atom stereocenters. The molecule has 0 aromatic rings. The van der Waals surface area contributed by atoms with Crippen LogP contribution in [0.25, 0.3) is 0 Å². The molecule has 6 heteroatoms. The molecule has 0 unspecified atom stereocenters. The molecule has 0 saturated heterocycles. The van der Waals surface area contributed by atoms with E-state index in [-0.39, 0.29) is 37.7 Å². The Bertz CT molecular complexity index is 90.7. The SMILES string of the molecule is O=[Se](=O)([O-])[O-].[Ca+2]. The summed E-state index contributed by atoms with van der Waals surface area (Å²) in [4.78, 5) is 0. The molecule has 0 spiro atoms. The van der Waals surface area contributed by atoms with Gasteiger partial charge in [-0.1, -0.05) is 0 Å². The Hall–Kier alpha value is 1.30. The molecular weight excluding hydrogens is 183 g/mol. The molecule has 0 heterocycles. The van der Waals surface area contributed by atoms with Crippen LogP contribution in [0.15, 0.2) is 0 Å². The van der Waals surface area contributed by atoms with Crippen LogP contribution >= 0.6 is 0 Å². The van der Waals surface area contributed by atoms with Crippen molar-refractivity contribution < 1.29 is 16.0 Å². The first kappa shape index (κ1) is 10.3. The normalized spacial score (nSPS) is 9.67. The molecule has 0 bridgehead atoms. The zero-order chi connectivity index (χ0) is 4.50. The van der Waals surface area contributed by atoms with Gasteiger partial charge in [-0.2, -0.15) is 0 Å². The van der Waals surface area contributed by atoms with Gasteiger partial charge in [-0.15, -0.1) is 0 Å². The molecule has 0 N–H and O–H groups in total. The van der Waals surface area contributed by atoms with Crippen LogP contribution in [0.5, 0.6) is 0 Å². The molecule has 32 valence electrons. The van der Waals surface area contributed by atoms with Crippen molar-refractivity contribution in [1.82, 2.24) is 0 Å². The van der Waals surface area contributed by atoms with Crippen LogP contribution < -0.4 is 8.38 Å². The third-order valence-electron chi connectivity index (χ3n) is 0. The van der Waals surface area contributed by atoms with Gasteiger partial charge < -0.3 is 0 Å². The fourth-order valence-corrected chi connectivity index (χ4v) is 0. The van der Waals surface area contributed by atoms with Crippen LogP contribution in [-0.4, -0.2) is 51.1 Å². The molecule has 0 amide bonds. The smallest absolute Gasteiger partial charge is 2.00 e. The number of hydrogen-bond acceptors (Lipinski definition) is 4. The molecule has 0 aliphatic rings. The third-order valence-corrected chi connectivity index (χ3v) is 0. The van der Waals surface area contributed by atoms with Crippen molar-refractivity contribution in [2.24, 2.45) is 0 Å². The van der Waals surface area contributed by atoms with Crippen LogP contribution in [-0.2, 0) is 7.67 Å². The molecule has 0 rings (SSSR count). The molecule has 0 saturated carbocycles. The van der Waals surface area contributed by atoms with E-state index in [0.29, 0.717) is 0 Å². The second-order valence-corrected chi connectivity index (χ2v) is 2.12. The van der Waals surface area contributed by atoms with E-state index in [1.165, 1.54) is 0 Å². The standard InChI is InChI=1S/Ca.H2O4Se/c;1-5(2,3)4/h;(H2,1,2,3,4)/q+2;/p-2. The van der Waals surface area contributed by atoms with Crippen molar-refractivity contribution >= 4 is 51.1 Å². The Morgan fingerprint density at radius 1 is 1.17 bits per heavy atom. The Morgan fingerprint density at radius 3 is 1.17 bits per heavy atom. The zero-order valence-corrected chi connectivity index (χ0v) is 6.67. The minimum absolute atomic E-state index is 0. The maximum atomic E-state index is 8.59. The Kier molecular flexibility index (Phi) is 5.71. The predicted molar refractivity (Wildman–Crippen MR) is 12.9 cm³/mol. The predicted octanol–water partition coefficient (Wildman–Crippen LogP) is -3.38. The van der Waals surface area contributed by atoms with Crippen molar-refractivity contribution in [1.29, 1.82) is 0 Å². The summed E-state index contributed by atoms with van der Waals surface area (Å²) >= 11 is -5.75. The van der Waals surface area contributed by atoms with Crippen LogP contribution in [0.1, 0.15) is 0 Å². The van der Waals surface area contributed by atoms with Gasteiger partial charge in [0.2, 0.25) is 0 Å². The van der Waals surface area contributed by atoms with E-state index in [1.807, 2.05) is 0 Å². The summed E-state index contributed by atoms with van der Waals surface area (Å²) in [6.45, 7) is 0. The average molecular weight is 183 g/mol. The topological polar surface area (TPSA) is 80.3 Å². The van der Waals surface area contributed by atoms with Crippen LogP contribution in [0.3, 0.4) is 0 Å². The summed E-state index contributed by atoms with van der Waals surface area (Å²) < 4.78 is 34.4. The van der Waals surface area contributed by atoms with Gasteiger partial charge in [-0.05, 0) is 0 Å². The largest absolute Gasteiger partial charge is 2.00 e. The van der Waals surface area contributed by atoms with E-state index in [2.05, 4.69) is 0 Å². The maximum absolute atomic E-state index is 8.59. The Labute approximate surface area is 66.4 Å². The molecule has 0 aliphatic heterocycles. The molecule has 4 nitrogen and oxygen atoms in total. The minimum Gasteiger partial charge on any atom is 2.00 e. The van der Waals surface area contributed by atoms with Gasteiger partial charge in [0.1, 0.15) is 0 Å².